The molecule has 1 N–H and O–H groups in total. The Balaban J connectivity index is 1.60. The second kappa shape index (κ2) is 8.70. The van der Waals surface area contributed by atoms with Crippen molar-refractivity contribution in [1.29, 1.82) is 0 Å². The minimum Gasteiger partial charge on any atom is -0.508 e. The minimum absolute atomic E-state index is 0.00933. The number of phenols is 1. The lowest BCUT2D eigenvalue weighted by atomic mass is 9.96. The number of fused-ring (bicyclic) bond motifs is 2. The number of amides is 1. The number of hydrogen-bond acceptors (Lipinski definition) is 6. The third-order valence-corrected chi connectivity index (χ3v) is 7.31. The lowest BCUT2D eigenvalue weighted by Crippen LogP contribution is -2.55. The molecule has 0 aliphatic carbocycles. The Morgan fingerprint density at radius 3 is 2.79 bits per heavy atom. The van der Waals surface area contributed by atoms with E-state index in [0.717, 1.165) is 28.6 Å². The van der Waals surface area contributed by atoms with Crippen molar-refractivity contribution in [2.75, 3.05) is 24.5 Å². The molecule has 172 valence electrons. The molecule has 1 fully saturated rings. The summed E-state index contributed by atoms with van der Waals surface area (Å²) >= 11 is 7.74. The van der Waals surface area contributed by atoms with Crippen molar-refractivity contribution in [2.45, 2.75) is 6.04 Å². The van der Waals surface area contributed by atoms with Crippen molar-refractivity contribution < 1.29 is 19.1 Å². The van der Waals surface area contributed by atoms with E-state index < -0.39 is 11.9 Å². The van der Waals surface area contributed by atoms with Crippen LogP contribution in [0.2, 0.25) is 5.02 Å². The van der Waals surface area contributed by atoms with E-state index in [2.05, 4.69) is 11.0 Å². The van der Waals surface area contributed by atoms with Crippen molar-refractivity contribution in [3.63, 3.8) is 0 Å². The zero-order valence-electron chi connectivity index (χ0n) is 17.9. The summed E-state index contributed by atoms with van der Waals surface area (Å²) in [7, 11) is 0. The lowest BCUT2D eigenvalue weighted by molar-refractivity contribution is -0.132. The molecule has 1 unspecified atom stereocenters. The molecule has 0 saturated carbocycles. The highest BCUT2D eigenvalue weighted by Crippen LogP contribution is 2.43. The number of aromatic nitrogens is 1. The molecule has 1 amide bonds. The van der Waals surface area contributed by atoms with Crippen LogP contribution in [-0.4, -0.2) is 52.2 Å². The van der Waals surface area contributed by atoms with Crippen molar-refractivity contribution in [1.82, 2.24) is 9.27 Å². The number of hydrogen-bond donors (Lipinski definition) is 1. The zero-order chi connectivity index (χ0) is 24.0. The number of rotatable bonds is 4. The van der Waals surface area contributed by atoms with Crippen LogP contribution in [0, 0.1) is 5.82 Å². The van der Waals surface area contributed by atoms with Gasteiger partial charge in [-0.1, -0.05) is 42.4 Å². The SMILES string of the molecule is C=CC(=O)N1CCN(c2snc3c(F)c(-c4cc(O)cc5ccccc45)c(Cl)cc23)CC1C=O. The molecule has 3 aromatic carbocycles. The smallest absolute Gasteiger partial charge is 0.246 e. The topological polar surface area (TPSA) is 73.7 Å². The highest BCUT2D eigenvalue weighted by molar-refractivity contribution is 7.11. The van der Waals surface area contributed by atoms with Crippen molar-refractivity contribution >= 4 is 62.0 Å². The predicted molar refractivity (Wildman–Crippen MR) is 133 cm³/mol. The van der Waals surface area contributed by atoms with Gasteiger partial charge in [0.1, 0.15) is 28.6 Å². The Kier molecular flexibility index (Phi) is 5.71. The second-order valence-electron chi connectivity index (χ2n) is 8.03. The highest BCUT2D eigenvalue weighted by atomic mass is 35.5. The molecule has 1 saturated heterocycles. The van der Waals surface area contributed by atoms with Crippen LogP contribution in [0.3, 0.4) is 0 Å². The molecule has 1 aliphatic heterocycles. The van der Waals surface area contributed by atoms with Crippen LogP contribution in [-0.2, 0) is 9.59 Å². The van der Waals surface area contributed by atoms with Gasteiger partial charge in [0.2, 0.25) is 5.91 Å². The summed E-state index contributed by atoms with van der Waals surface area (Å²) in [5.41, 5.74) is 0.816. The number of piperazine rings is 1. The number of carbonyl (C=O) groups is 2. The van der Waals surface area contributed by atoms with Crippen LogP contribution in [0.15, 0.2) is 55.1 Å². The molecule has 0 bridgehead atoms. The maximum absolute atomic E-state index is 15.9. The van der Waals surface area contributed by atoms with Crippen LogP contribution in [0.5, 0.6) is 5.75 Å². The highest BCUT2D eigenvalue weighted by Gasteiger charge is 2.31. The number of phenolic OH excluding ortho intramolecular Hbond substituents is 1. The summed E-state index contributed by atoms with van der Waals surface area (Å²) in [6.07, 6.45) is 1.92. The van der Waals surface area contributed by atoms with Crippen LogP contribution in [0.1, 0.15) is 0 Å². The van der Waals surface area contributed by atoms with Gasteiger partial charge in [-0.15, -0.1) is 0 Å². The monoisotopic (exact) mass is 495 g/mol. The summed E-state index contributed by atoms with van der Waals surface area (Å²) < 4.78 is 20.2. The van der Waals surface area contributed by atoms with E-state index in [0.29, 0.717) is 29.0 Å². The van der Waals surface area contributed by atoms with Gasteiger partial charge in [0.15, 0.2) is 5.82 Å². The van der Waals surface area contributed by atoms with E-state index in [4.69, 9.17) is 11.6 Å². The number of halogens is 2. The molecule has 34 heavy (non-hydrogen) atoms. The average molecular weight is 496 g/mol. The minimum atomic E-state index is -0.644. The summed E-state index contributed by atoms with van der Waals surface area (Å²) in [6, 6.07) is 11.5. The number of aromatic hydroxyl groups is 1. The maximum Gasteiger partial charge on any atom is 0.246 e. The Bertz CT molecular complexity index is 1470. The van der Waals surface area contributed by atoms with Gasteiger partial charge in [-0.05, 0) is 52.1 Å². The summed E-state index contributed by atoms with van der Waals surface area (Å²) in [4.78, 5) is 27.1. The quantitative estimate of drug-likeness (QED) is 0.318. The largest absolute Gasteiger partial charge is 0.508 e. The lowest BCUT2D eigenvalue weighted by Gasteiger charge is -2.39. The Labute approximate surface area is 203 Å². The maximum atomic E-state index is 15.9. The fraction of sp³-hybridized carbons (Fsp3) is 0.160. The third kappa shape index (κ3) is 3.59. The molecular formula is C25H19ClFN3O3S. The molecule has 1 aliphatic rings. The molecular weight excluding hydrogens is 477 g/mol. The van der Waals surface area contributed by atoms with Gasteiger partial charge in [0, 0.05) is 30.6 Å². The third-order valence-electron chi connectivity index (χ3n) is 6.08. The molecule has 0 spiro atoms. The van der Waals surface area contributed by atoms with Gasteiger partial charge in [-0.2, -0.15) is 4.37 Å². The predicted octanol–water partition coefficient (Wildman–Crippen LogP) is 5.02. The van der Waals surface area contributed by atoms with E-state index >= 15 is 4.39 Å². The molecule has 1 atom stereocenters. The summed E-state index contributed by atoms with van der Waals surface area (Å²) in [5.74, 6) is -0.869. The van der Waals surface area contributed by atoms with Gasteiger partial charge in [0.05, 0.1) is 5.02 Å². The molecule has 0 radical (unpaired) electrons. The second-order valence-corrected chi connectivity index (χ2v) is 9.19. The molecule has 5 rings (SSSR count). The van der Waals surface area contributed by atoms with Crippen molar-refractivity contribution in [2.24, 2.45) is 0 Å². The average Bonchev–Trinajstić information content (AvgIpc) is 3.27. The normalized spacial score (nSPS) is 16.2. The fourth-order valence-electron chi connectivity index (χ4n) is 4.48. The van der Waals surface area contributed by atoms with Crippen LogP contribution in [0.4, 0.5) is 9.39 Å². The first-order valence-electron chi connectivity index (χ1n) is 10.6. The van der Waals surface area contributed by atoms with E-state index in [9.17, 15) is 14.7 Å². The number of nitrogens with zero attached hydrogens (tertiary/aromatic N) is 3. The van der Waals surface area contributed by atoms with E-state index in [1.54, 1.807) is 12.1 Å². The van der Waals surface area contributed by atoms with Crippen molar-refractivity contribution in [3.05, 3.63) is 66.0 Å². The van der Waals surface area contributed by atoms with Gasteiger partial charge in [-0.25, -0.2) is 4.39 Å². The van der Waals surface area contributed by atoms with Gasteiger partial charge >= 0.3 is 0 Å². The number of anilines is 1. The van der Waals surface area contributed by atoms with Crippen LogP contribution >= 0.6 is 23.1 Å². The van der Waals surface area contributed by atoms with E-state index in [1.165, 1.54) is 17.0 Å². The van der Waals surface area contributed by atoms with Gasteiger partial charge in [-0.3, -0.25) is 4.79 Å². The van der Waals surface area contributed by atoms with E-state index in [1.807, 2.05) is 29.2 Å². The molecule has 9 heteroatoms. The Morgan fingerprint density at radius 1 is 1.24 bits per heavy atom. The number of benzene rings is 3. The standard InChI is InChI=1S/C25H19ClFN3O3S/c1-2-21(33)30-8-7-29(12-15(30)13-31)25-19-11-20(26)22(23(27)24(19)28-34-25)18-10-16(32)9-14-5-3-4-6-17(14)18/h2-6,9-11,13,15,32H,1,7-8,12H2. The van der Waals surface area contributed by atoms with Gasteiger partial charge < -0.3 is 19.7 Å². The summed E-state index contributed by atoms with van der Waals surface area (Å²) in [6.45, 7) is 4.54. The number of carbonyl (C=O) groups excluding carboxylic acids is 2. The first-order chi connectivity index (χ1) is 16.4. The Morgan fingerprint density at radius 2 is 2.03 bits per heavy atom. The van der Waals surface area contributed by atoms with E-state index in [-0.39, 0.29) is 34.3 Å². The first-order valence-corrected chi connectivity index (χ1v) is 11.7. The van der Waals surface area contributed by atoms with Crippen LogP contribution in [0.25, 0.3) is 32.8 Å². The first kappa shape index (κ1) is 22.3. The van der Waals surface area contributed by atoms with Crippen molar-refractivity contribution in [3.8, 4) is 16.9 Å². The fourth-order valence-corrected chi connectivity index (χ4v) is 5.66. The van der Waals surface area contributed by atoms with Gasteiger partial charge in [0.25, 0.3) is 0 Å². The molecule has 6 nitrogen and oxygen atoms in total. The van der Waals surface area contributed by atoms with Crippen LogP contribution < -0.4 is 4.90 Å². The Hall–Kier alpha value is -3.49. The summed E-state index contributed by atoms with van der Waals surface area (Å²) in [5, 5.41) is 13.1. The molecule has 2 heterocycles. The molecule has 4 aromatic rings. The molecule has 1 aromatic heterocycles. The number of aldehydes is 1. The zero-order valence-corrected chi connectivity index (χ0v) is 19.4.